The molecule has 0 aliphatic carbocycles. The minimum Gasteiger partial charge on any atom is -0.505 e. The Morgan fingerprint density at radius 1 is 1.22 bits per heavy atom. The Balaban J connectivity index is 2.74. The lowest BCUT2D eigenvalue weighted by atomic mass is 9.92. The van der Waals surface area contributed by atoms with Gasteiger partial charge in [0.1, 0.15) is 5.75 Å². The fraction of sp³-hybridized carbons (Fsp3) is 0.333. The normalized spacial score (nSPS) is 10.4. The van der Waals surface area contributed by atoms with Gasteiger partial charge >= 0.3 is 6.16 Å². The van der Waals surface area contributed by atoms with Crippen molar-refractivity contribution in [1.29, 1.82) is 5.26 Å². The summed E-state index contributed by atoms with van der Waals surface area (Å²) in [6, 6.07) is 6.66. The summed E-state index contributed by atoms with van der Waals surface area (Å²) in [7, 11) is 0. The lowest BCUT2D eigenvalue weighted by Crippen LogP contribution is -2.11. The van der Waals surface area contributed by atoms with Gasteiger partial charge in [-0.25, -0.2) is 9.18 Å². The molecule has 0 amide bonds. The number of hydrogen-bond donors (Lipinski definition) is 1. The predicted molar refractivity (Wildman–Crippen MR) is 99.3 cm³/mol. The molecule has 2 rings (SSSR count). The highest BCUT2D eigenvalue weighted by atomic mass is 19.1. The molecule has 0 saturated carbocycles. The smallest absolute Gasteiger partial charge is 0.505 e. The molecule has 0 spiro atoms. The van der Waals surface area contributed by atoms with Crippen molar-refractivity contribution < 1.29 is 23.8 Å². The molecule has 0 aromatic heterocycles. The van der Waals surface area contributed by atoms with Crippen LogP contribution < -0.4 is 4.74 Å². The highest BCUT2D eigenvalue weighted by Crippen LogP contribution is 2.40. The van der Waals surface area contributed by atoms with Crippen molar-refractivity contribution in [3.63, 3.8) is 0 Å². The fourth-order valence-electron chi connectivity index (χ4n) is 2.81. The summed E-state index contributed by atoms with van der Waals surface area (Å²) < 4.78 is 25.1. The van der Waals surface area contributed by atoms with Gasteiger partial charge in [-0.2, -0.15) is 5.26 Å². The Morgan fingerprint density at radius 2 is 1.89 bits per heavy atom. The maximum Gasteiger partial charge on any atom is 0.513 e. The third-order valence-electron chi connectivity index (χ3n) is 4.28. The molecule has 142 valence electrons. The number of aromatic hydroxyl groups is 1. The second-order valence-corrected chi connectivity index (χ2v) is 6.20. The highest BCUT2D eigenvalue weighted by molar-refractivity contribution is 5.81. The second kappa shape index (κ2) is 8.54. The molecule has 0 bridgehead atoms. The summed E-state index contributed by atoms with van der Waals surface area (Å²) in [6.45, 7) is 7.30. The number of carbonyl (C=O) groups excluding carboxylic acids is 1. The molecule has 2 aromatic rings. The molecule has 0 saturated heterocycles. The molecule has 0 aliphatic heterocycles. The Morgan fingerprint density at radius 3 is 2.48 bits per heavy atom. The molecular formula is C21H22FNO4. The van der Waals surface area contributed by atoms with Crippen LogP contribution in [-0.2, 0) is 11.2 Å². The molecule has 0 radical (unpaired) electrons. The minimum atomic E-state index is -0.923. The first-order valence-electron chi connectivity index (χ1n) is 8.74. The van der Waals surface area contributed by atoms with Crippen molar-refractivity contribution in [3.8, 4) is 28.7 Å². The summed E-state index contributed by atoms with van der Waals surface area (Å²) >= 11 is 0. The number of phenolic OH excluding ortho intramolecular Hbond substituents is 1. The largest absolute Gasteiger partial charge is 0.513 e. The van der Waals surface area contributed by atoms with E-state index in [9.17, 15) is 15.2 Å². The summed E-state index contributed by atoms with van der Waals surface area (Å²) in [5, 5.41) is 19.8. The Bertz CT molecular complexity index is 916. The van der Waals surface area contributed by atoms with Gasteiger partial charge in [-0.05, 0) is 62.1 Å². The van der Waals surface area contributed by atoms with Crippen LogP contribution in [0.2, 0.25) is 0 Å². The molecule has 0 aliphatic rings. The van der Waals surface area contributed by atoms with Crippen LogP contribution in [0, 0.1) is 31.0 Å². The number of carbonyl (C=O) groups is 1. The van der Waals surface area contributed by atoms with Gasteiger partial charge in [0.2, 0.25) is 0 Å². The molecule has 27 heavy (non-hydrogen) atoms. The number of rotatable bonds is 5. The topological polar surface area (TPSA) is 79.5 Å². The Labute approximate surface area is 158 Å². The second-order valence-electron chi connectivity index (χ2n) is 6.20. The number of aryl methyl sites for hydroxylation is 3. The van der Waals surface area contributed by atoms with Crippen molar-refractivity contribution in [1.82, 2.24) is 0 Å². The maximum atomic E-state index is 15.0. The highest BCUT2D eigenvalue weighted by Gasteiger charge is 2.23. The lowest BCUT2D eigenvalue weighted by molar-refractivity contribution is 0.104. The van der Waals surface area contributed by atoms with Crippen LogP contribution >= 0.6 is 0 Å². The van der Waals surface area contributed by atoms with Gasteiger partial charge in [0.05, 0.1) is 18.2 Å². The molecule has 2 aromatic carbocycles. The molecule has 5 nitrogen and oxygen atoms in total. The lowest BCUT2D eigenvalue weighted by Gasteiger charge is -2.16. The summed E-state index contributed by atoms with van der Waals surface area (Å²) in [5.41, 5.74) is 2.18. The van der Waals surface area contributed by atoms with Crippen LogP contribution in [-0.4, -0.2) is 17.9 Å². The van der Waals surface area contributed by atoms with Crippen LogP contribution in [0.3, 0.4) is 0 Å². The third-order valence-corrected chi connectivity index (χ3v) is 4.28. The van der Waals surface area contributed by atoms with Gasteiger partial charge in [0, 0.05) is 11.1 Å². The van der Waals surface area contributed by atoms with Gasteiger partial charge in [0.25, 0.3) is 0 Å². The van der Waals surface area contributed by atoms with E-state index in [1.54, 1.807) is 19.1 Å². The number of nitrogens with zero attached hydrogens (tertiary/aromatic N) is 1. The minimum absolute atomic E-state index is 0.0608. The van der Waals surface area contributed by atoms with Crippen molar-refractivity contribution in [2.75, 3.05) is 6.61 Å². The molecule has 0 fully saturated rings. The molecule has 0 atom stereocenters. The maximum absolute atomic E-state index is 15.0. The zero-order valence-corrected chi connectivity index (χ0v) is 15.9. The van der Waals surface area contributed by atoms with Crippen LogP contribution in [0.1, 0.15) is 42.5 Å². The van der Waals surface area contributed by atoms with E-state index in [0.29, 0.717) is 18.4 Å². The van der Waals surface area contributed by atoms with Crippen molar-refractivity contribution in [3.05, 3.63) is 46.3 Å². The first kappa shape index (κ1) is 20.2. The molecule has 1 N–H and O–H groups in total. The Kier molecular flexibility index (Phi) is 6.40. The van der Waals surface area contributed by atoms with E-state index in [1.807, 2.05) is 26.8 Å². The number of ether oxygens (including phenoxy) is 2. The first-order valence-corrected chi connectivity index (χ1v) is 8.74. The number of nitriles is 1. The average molecular weight is 371 g/mol. The predicted octanol–water partition coefficient (Wildman–Crippen LogP) is 5.17. The average Bonchev–Trinajstić information content (AvgIpc) is 2.62. The van der Waals surface area contributed by atoms with Crippen molar-refractivity contribution >= 4 is 6.16 Å². The van der Waals surface area contributed by atoms with Crippen LogP contribution in [0.5, 0.6) is 11.5 Å². The Hall–Kier alpha value is -3.07. The van der Waals surface area contributed by atoms with Gasteiger partial charge < -0.3 is 14.6 Å². The van der Waals surface area contributed by atoms with Crippen LogP contribution in [0.15, 0.2) is 18.2 Å². The van der Waals surface area contributed by atoms with Gasteiger partial charge in [-0.1, -0.05) is 13.3 Å². The number of hydrogen-bond acceptors (Lipinski definition) is 5. The SMILES string of the molecule is CCCc1cc(C#N)c(-c2cc(C)c(C)cc2OC(=O)OCC)c(F)c1O. The molecule has 6 heteroatoms. The number of benzene rings is 2. The molecule has 0 heterocycles. The molecular weight excluding hydrogens is 349 g/mol. The zero-order valence-electron chi connectivity index (χ0n) is 15.9. The summed E-state index contributed by atoms with van der Waals surface area (Å²) in [6.07, 6.45) is 0.210. The molecule has 0 unspecified atom stereocenters. The van der Waals surface area contributed by atoms with E-state index in [1.165, 1.54) is 6.07 Å². The van der Waals surface area contributed by atoms with E-state index < -0.39 is 17.7 Å². The van der Waals surface area contributed by atoms with Crippen molar-refractivity contribution in [2.24, 2.45) is 0 Å². The van der Waals surface area contributed by atoms with Gasteiger partial charge in [-0.3, -0.25) is 0 Å². The van der Waals surface area contributed by atoms with E-state index in [-0.39, 0.29) is 29.0 Å². The third kappa shape index (κ3) is 4.20. The van der Waals surface area contributed by atoms with E-state index in [2.05, 4.69) is 0 Å². The quantitative estimate of drug-likeness (QED) is 0.579. The van der Waals surface area contributed by atoms with E-state index >= 15 is 4.39 Å². The fourth-order valence-corrected chi connectivity index (χ4v) is 2.81. The van der Waals surface area contributed by atoms with Crippen molar-refractivity contribution in [2.45, 2.75) is 40.5 Å². The standard InChI is InChI=1S/C21H22FNO4/c1-5-7-14-10-15(11-23)18(19(22)20(14)24)16-8-12(3)13(4)9-17(16)27-21(25)26-6-2/h8-10,24H,5-7H2,1-4H3. The summed E-state index contributed by atoms with van der Waals surface area (Å²) in [5.74, 6) is -1.34. The number of phenols is 1. The zero-order chi connectivity index (χ0) is 20.1. The number of halogens is 1. The van der Waals surface area contributed by atoms with E-state index in [0.717, 1.165) is 11.1 Å². The first-order chi connectivity index (χ1) is 12.8. The van der Waals surface area contributed by atoms with Crippen LogP contribution in [0.4, 0.5) is 9.18 Å². The summed E-state index contributed by atoms with van der Waals surface area (Å²) in [4.78, 5) is 11.8. The van der Waals surface area contributed by atoms with Gasteiger partial charge in [0.15, 0.2) is 11.6 Å². The van der Waals surface area contributed by atoms with Crippen LogP contribution in [0.25, 0.3) is 11.1 Å². The van der Waals surface area contributed by atoms with E-state index in [4.69, 9.17) is 9.47 Å². The monoisotopic (exact) mass is 371 g/mol. The van der Waals surface area contributed by atoms with Gasteiger partial charge in [-0.15, -0.1) is 0 Å².